The number of aromatic nitrogens is 2. The molecule has 0 saturated heterocycles. The molecule has 0 aliphatic heterocycles. The van der Waals surface area contributed by atoms with Crippen molar-refractivity contribution in [2.75, 3.05) is 0 Å². The Morgan fingerprint density at radius 2 is 1.91 bits per heavy atom. The third kappa shape index (κ3) is 2.80. The van der Waals surface area contributed by atoms with Gasteiger partial charge in [-0.2, -0.15) is 0 Å². The number of fused-ring (bicyclic) bond motifs is 1. The number of aromatic amines is 1. The topological polar surface area (TPSA) is 86.2 Å². The summed E-state index contributed by atoms with van der Waals surface area (Å²) in [6.07, 6.45) is 1.28. The molecule has 0 spiro atoms. The monoisotopic (exact) mass is 314 g/mol. The maximum Gasteiger partial charge on any atom is 0.274 e. The van der Waals surface area contributed by atoms with Crippen LogP contribution >= 0.6 is 11.6 Å². The first-order valence-electron chi connectivity index (χ1n) is 6.42. The number of phenolic OH excluding ortho intramolecular Hbond substituents is 1. The Morgan fingerprint density at radius 1 is 1.18 bits per heavy atom. The second kappa shape index (κ2) is 5.54. The number of hydrogen-bond acceptors (Lipinski definition) is 4. The van der Waals surface area contributed by atoms with E-state index < -0.39 is 5.56 Å². The van der Waals surface area contributed by atoms with Gasteiger partial charge in [0.25, 0.3) is 5.56 Å². The minimum atomic E-state index is -0.430. The van der Waals surface area contributed by atoms with Gasteiger partial charge in [-0.3, -0.25) is 4.79 Å². The number of phenols is 1. The van der Waals surface area contributed by atoms with E-state index in [4.69, 9.17) is 11.6 Å². The zero-order valence-electron chi connectivity index (χ0n) is 11.2. The van der Waals surface area contributed by atoms with Gasteiger partial charge in [0.15, 0.2) is 0 Å². The normalized spacial score (nSPS) is 11.8. The first kappa shape index (κ1) is 14.2. The Hall–Kier alpha value is -2.79. The molecule has 0 saturated carbocycles. The number of halogens is 1. The molecule has 0 fully saturated rings. The van der Waals surface area contributed by atoms with Crippen LogP contribution in [-0.4, -0.2) is 20.2 Å². The minimum absolute atomic E-state index is 0.0837. The van der Waals surface area contributed by atoms with E-state index in [9.17, 15) is 15.0 Å². The molecule has 3 rings (SSSR count). The second-order valence-corrected chi connectivity index (χ2v) is 5.13. The highest BCUT2D eigenvalue weighted by molar-refractivity contribution is 6.31. The lowest BCUT2D eigenvalue weighted by Gasteiger charge is -2.02. The van der Waals surface area contributed by atoms with Crippen LogP contribution in [0.15, 0.2) is 47.3 Å². The molecule has 1 aromatic heterocycles. The molecule has 0 bridgehead atoms. The fourth-order valence-corrected chi connectivity index (χ4v) is 2.19. The SMILES string of the molecule is O=c1[nH]c2cc(Cl)ccc2nc1/C=C(\O)c1ccc(O)cc1. The summed E-state index contributed by atoms with van der Waals surface area (Å²) in [5.41, 5.74) is 1.21. The zero-order chi connectivity index (χ0) is 15.7. The number of aliphatic hydroxyl groups excluding tert-OH is 1. The van der Waals surface area contributed by atoms with Crippen LogP contribution in [0.1, 0.15) is 11.3 Å². The quantitative estimate of drug-likeness (QED) is 0.633. The molecule has 3 N–H and O–H groups in total. The highest BCUT2D eigenvalue weighted by atomic mass is 35.5. The number of benzene rings is 2. The van der Waals surface area contributed by atoms with Crippen molar-refractivity contribution in [1.29, 1.82) is 0 Å². The van der Waals surface area contributed by atoms with E-state index in [1.807, 2.05) is 0 Å². The van der Waals surface area contributed by atoms with Crippen LogP contribution in [0, 0.1) is 0 Å². The smallest absolute Gasteiger partial charge is 0.274 e. The molecule has 110 valence electrons. The van der Waals surface area contributed by atoms with E-state index in [0.717, 1.165) is 0 Å². The van der Waals surface area contributed by atoms with E-state index in [2.05, 4.69) is 9.97 Å². The molecule has 0 unspecified atom stereocenters. The van der Waals surface area contributed by atoms with Crippen molar-refractivity contribution < 1.29 is 10.2 Å². The highest BCUT2D eigenvalue weighted by Crippen LogP contribution is 2.18. The van der Waals surface area contributed by atoms with E-state index in [-0.39, 0.29) is 17.2 Å². The van der Waals surface area contributed by atoms with E-state index in [1.54, 1.807) is 18.2 Å². The molecule has 0 aliphatic carbocycles. The minimum Gasteiger partial charge on any atom is -0.508 e. The summed E-state index contributed by atoms with van der Waals surface area (Å²) < 4.78 is 0. The van der Waals surface area contributed by atoms with Crippen LogP contribution in [0.5, 0.6) is 5.75 Å². The van der Waals surface area contributed by atoms with E-state index >= 15 is 0 Å². The Bertz CT molecular complexity index is 930. The van der Waals surface area contributed by atoms with Crippen LogP contribution in [0.25, 0.3) is 22.9 Å². The molecule has 6 heteroatoms. The van der Waals surface area contributed by atoms with Gasteiger partial charge in [-0.05, 0) is 42.5 Å². The lowest BCUT2D eigenvalue weighted by Crippen LogP contribution is -2.12. The largest absolute Gasteiger partial charge is 0.508 e. The predicted octanol–water partition coefficient (Wildman–Crippen LogP) is 3.34. The summed E-state index contributed by atoms with van der Waals surface area (Å²) in [5, 5.41) is 19.8. The molecule has 0 amide bonds. The molecule has 1 heterocycles. The van der Waals surface area contributed by atoms with Gasteiger partial charge in [-0.1, -0.05) is 11.6 Å². The number of aromatic hydroxyl groups is 1. The van der Waals surface area contributed by atoms with Gasteiger partial charge in [0, 0.05) is 16.7 Å². The molecule has 0 radical (unpaired) electrons. The summed E-state index contributed by atoms with van der Waals surface area (Å²) >= 11 is 5.87. The third-order valence-electron chi connectivity index (χ3n) is 3.12. The summed E-state index contributed by atoms with van der Waals surface area (Å²) in [7, 11) is 0. The van der Waals surface area contributed by atoms with Crippen molar-refractivity contribution in [3.05, 3.63) is 69.1 Å². The number of hydrogen-bond donors (Lipinski definition) is 3. The number of nitrogens with one attached hydrogen (secondary N) is 1. The lowest BCUT2D eigenvalue weighted by molar-refractivity contribution is 0.475. The molecule has 0 aliphatic rings. The van der Waals surface area contributed by atoms with Crippen molar-refractivity contribution in [3.8, 4) is 5.75 Å². The third-order valence-corrected chi connectivity index (χ3v) is 3.35. The first-order valence-corrected chi connectivity index (χ1v) is 6.80. The van der Waals surface area contributed by atoms with Crippen LogP contribution in [-0.2, 0) is 0 Å². The van der Waals surface area contributed by atoms with Crippen molar-refractivity contribution in [2.45, 2.75) is 0 Å². The zero-order valence-corrected chi connectivity index (χ0v) is 12.0. The summed E-state index contributed by atoms with van der Waals surface area (Å²) in [6, 6.07) is 10.9. The molecule has 3 aromatic rings. The van der Waals surface area contributed by atoms with Crippen LogP contribution in [0.2, 0.25) is 5.02 Å². The Balaban J connectivity index is 2.07. The molecule has 5 nitrogen and oxygen atoms in total. The number of H-pyrrole nitrogens is 1. The van der Waals surface area contributed by atoms with Gasteiger partial charge >= 0.3 is 0 Å². The number of rotatable bonds is 2. The highest BCUT2D eigenvalue weighted by Gasteiger charge is 2.06. The Labute approximate surface area is 130 Å². The van der Waals surface area contributed by atoms with Crippen molar-refractivity contribution >= 4 is 34.5 Å². The van der Waals surface area contributed by atoms with Gasteiger partial charge in [0.05, 0.1) is 11.0 Å². The van der Waals surface area contributed by atoms with Crippen molar-refractivity contribution in [1.82, 2.24) is 9.97 Å². The van der Waals surface area contributed by atoms with E-state index in [1.165, 1.54) is 30.3 Å². The van der Waals surface area contributed by atoms with Gasteiger partial charge < -0.3 is 15.2 Å². The van der Waals surface area contributed by atoms with Crippen LogP contribution in [0.3, 0.4) is 0 Å². The second-order valence-electron chi connectivity index (χ2n) is 4.69. The Kier molecular flexibility index (Phi) is 3.56. The number of nitrogens with zero attached hydrogens (tertiary/aromatic N) is 1. The van der Waals surface area contributed by atoms with E-state index in [0.29, 0.717) is 21.6 Å². The summed E-state index contributed by atoms with van der Waals surface area (Å²) in [5.74, 6) is -0.0265. The summed E-state index contributed by atoms with van der Waals surface area (Å²) in [4.78, 5) is 18.9. The number of aliphatic hydroxyl groups is 1. The average Bonchev–Trinajstić information content (AvgIpc) is 2.49. The molecule has 22 heavy (non-hydrogen) atoms. The first-order chi connectivity index (χ1) is 10.5. The molecule has 2 aromatic carbocycles. The fourth-order valence-electron chi connectivity index (χ4n) is 2.02. The molecular formula is C16H11ClN2O3. The fraction of sp³-hybridized carbons (Fsp3) is 0. The maximum atomic E-state index is 12.0. The molecule has 0 atom stereocenters. The van der Waals surface area contributed by atoms with Crippen molar-refractivity contribution in [3.63, 3.8) is 0 Å². The standard InChI is InChI=1S/C16H11ClN2O3/c17-10-3-6-12-13(7-10)19-16(22)14(18-12)8-15(21)9-1-4-11(20)5-2-9/h1-8,20-21H,(H,19,22)/b15-8-. The van der Waals surface area contributed by atoms with Gasteiger partial charge in [-0.15, -0.1) is 0 Å². The lowest BCUT2D eigenvalue weighted by atomic mass is 10.1. The summed E-state index contributed by atoms with van der Waals surface area (Å²) in [6.45, 7) is 0. The maximum absolute atomic E-state index is 12.0. The van der Waals surface area contributed by atoms with Crippen molar-refractivity contribution in [2.24, 2.45) is 0 Å². The molecular weight excluding hydrogens is 304 g/mol. The van der Waals surface area contributed by atoms with Gasteiger partial charge in [0.2, 0.25) is 0 Å². The average molecular weight is 315 g/mol. The van der Waals surface area contributed by atoms with Crippen LogP contribution in [0.4, 0.5) is 0 Å². The van der Waals surface area contributed by atoms with Gasteiger partial charge in [-0.25, -0.2) is 4.98 Å². The van der Waals surface area contributed by atoms with Gasteiger partial charge in [0.1, 0.15) is 17.2 Å². The predicted molar refractivity (Wildman–Crippen MR) is 86.0 cm³/mol. The Morgan fingerprint density at radius 3 is 2.64 bits per heavy atom. The van der Waals surface area contributed by atoms with Crippen LogP contribution < -0.4 is 5.56 Å².